The van der Waals surface area contributed by atoms with Gasteiger partial charge in [-0.2, -0.15) is 0 Å². The van der Waals surface area contributed by atoms with E-state index >= 15 is 0 Å². The number of hydrogen-bond donors (Lipinski definition) is 0. The van der Waals surface area contributed by atoms with Gasteiger partial charge in [-0.3, -0.25) is 0 Å². The Balaban J connectivity index is 2.10. The fourth-order valence-corrected chi connectivity index (χ4v) is 2.81. The van der Waals surface area contributed by atoms with Gasteiger partial charge in [-0.05, 0) is 44.8 Å². The Kier molecular flexibility index (Phi) is 4.49. The average Bonchev–Trinajstić information content (AvgIpc) is 2.59. The molecule has 0 unspecified atom stereocenters. The maximum Gasteiger partial charge on any atom is 0.197 e. The molecule has 0 radical (unpaired) electrons. The zero-order chi connectivity index (χ0) is 16.2. The molecule has 0 aliphatic carbocycles. The molecule has 1 heterocycles. The zero-order valence-corrected chi connectivity index (χ0v) is 14.1. The summed E-state index contributed by atoms with van der Waals surface area (Å²) in [5.41, 5.74) is 4.63. The molecule has 0 N–H and O–H groups in total. The van der Waals surface area contributed by atoms with Crippen molar-refractivity contribution < 1.29 is 0 Å². The van der Waals surface area contributed by atoms with E-state index in [9.17, 15) is 0 Å². The molecule has 23 heavy (non-hydrogen) atoms. The van der Waals surface area contributed by atoms with E-state index in [0.29, 0.717) is 4.73 Å². The van der Waals surface area contributed by atoms with Crippen molar-refractivity contribution in [2.45, 2.75) is 0 Å². The second kappa shape index (κ2) is 6.71. The Bertz CT molecular complexity index is 911. The van der Waals surface area contributed by atoms with Crippen LogP contribution in [0.1, 0.15) is 11.3 Å². The van der Waals surface area contributed by atoms with Gasteiger partial charge < -0.3 is 0 Å². The Morgan fingerprint density at radius 2 is 1.65 bits per heavy atom. The molecular weight excluding hydrogens is 348 g/mol. The van der Waals surface area contributed by atoms with Crippen molar-refractivity contribution in [2.24, 2.45) is 0 Å². The largest absolute Gasteiger partial charge is 0.222 e. The third-order valence-electron chi connectivity index (χ3n) is 3.54. The number of hydrogen-bond acceptors (Lipinski definition) is 2. The normalized spacial score (nSPS) is 11.4. The predicted octanol–water partition coefficient (Wildman–Crippen LogP) is 5.68. The van der Waals surface area contributed by atoms with Crippen molar-refractivity contribution in [2.75, 3.05) is 0 Å². The first-order valence-corrected chi connectivity index (χ1v) is 7.99. The van der Waals surface area contributed by atoms with Gasteiger partial charge in [0.25, 0.3) is 0 Å². The number of fused-ring (bicyclic) bond motifs is 1. The molecule has 3 aromatic rings. The molecule has 0 bridgehead atoms. The van der Waals surface area contributed by atoms with Gasteiger partial charge in [0.05, 0.1) is 11.2 Å². The van der Waals surface area contributed by atoms with Crippen LogP contribution in [0, 0.1) is 0 Å². The lowest BCUT2D eigenvalue weighted by molar-refractivity contribution is 1.14. The Labute approximate surface area is 144 Å². The highest BCUT2D eigenvalue weighted by atomic mass is 79.9. The number of rotatable bonds is 4. The van der Waals surface area contributed by atoms with E-state index in [-0.39, 0.29) is 0 Å². The molecular formula is C20H15BrN2. The maximum absolute atomic E-state index is 4.51. The van der Waals surface area contributed by atoms with Crippen molar-refractivity contribution >= 4 is 38.0 Å². The Morgan fingerprint density at radius 3 is 2.39 bits per heavy atom. The van der Waals surface area contributed by atoms with Gasteiger partial charge in [0.15, 0.2) is 4.73 Å². The van der Waals surface area contributed by atoms with Crippen molar-refractivity contribution in [1.82, 2.24) is 9.97 Å². The molecule has 2 aromatic carbocycles. The Hall–Kier alpha value is -2.52. The van der Waals surface area contributed by atoms with Crippen LogP contribution in [0.25, 0.3) is 22.0 Å². The summed E-state index contributed by atoms with van der Waals surface area (Å²) in [5.74, 6) is 0. The van der Waals surface area contributed by atoms with Gasteiger partial charge in [-0.25, -0.2) is 9.97 Å². The highest BCUT2D eigenvalue weighted by Gasteiger charge is 2.09. The van der Waals surface area contributed by atoms with E-state index in [1.807, 2.05) is 54.6 Å². The summed E-state index contributed by atoms with van der Waals surface area (Å²) < 4.78 is 0.556. The summed E-state index contributed by atoms with van der Waals surface area (Å²) in [4.78, 5) is 8.91. The van der Waals surface area contributed by atoms with Crippen LogP contribution >= 0.6 is 15.9 Å². The van der Waals surface area contributed by atoms with Gasteiger partial charge in [-0.15, -0.1) is 0 Å². The molecule has 112 valence electrons. The predicted molar refractivity (Wildman–Crippen MR) is 101 cm³/mol. The second-order valence-electron chi connectivity index (χ2n) is 5.05. The highest BCUT2D eigenvalue weighted by Crippen LogP contribution is 2.27. The summed E-state index contributed by atoms with van der Waals surface area (Å²) in [7, 11) is 0. The van der Waals surface area contributed by atoms with Gasteiger partial charge in [-0.1, -0.05) is 67.8 Å². The molecule has 1 aromatic heterocycles. The molecule has 0 fully saturated rings. The van der Waals surface area contributed by atoms with Crippen LogP contribution in [0.3, 0.4) is 0 Å². The molecule has 0 saturated carbocycles. The molecule has 0 aliphatic heterocycles. The number of para-hydroxylation sites is 1. The molecule has 0 atom stereocenters. The number of nitrogens with zero attached hydrogens (tertiary/aromatic N) is 2. The van der Waals surface area contributed by atoms with E-state index in [1.54, 1.807) is 0 Å². The number of allylic oxidation sites excluding steroid dienone is 4. The van der Waals surface area contributed by atoms with E-state index in [1.165, 1.54) is 0 Å². The van der Waals surface area contributed by atoms with E-state index in [0.717, 1.165) is 33.3 Å². The van der Waals surface area contributed by atoms with Gasteiger partial charge >= 0.3 is 0 Å². The van der Waals surface area contributed by atoms with Crippen molar-refractivity contribution in [1.29, 1.82) is 0 Å². The summed E-state index contributed by atoms with van der Waals surface area (Å²) in [6.45, 7) is 8.11. The first-order valence-electron chi connectivity index (χ1n) is 7.20. The van der Waals surface area contributed by atoms with Crippen LogP contribution in [0.15, 0.2) is 84.6 Å². The fraction of sp³-hybridized carbons (Fsp3) is 0. The average molecular weight is 363 g/mol. The number of aromatic nitrogens is 2. The number of halogens is 1. The SMILES string of the molecule is C=CC(=CC(=C)c1nc(Br)nc2ccccc12)c1ccccc1. The second-order valence-corrected chi connectivity index (χ2v) is 5.76. The highest BCUT2D eigenvalue weighted by molar-refractivity contribution is 9.10. The van der Waals surface area contributed by atoms with Crippen molar-refractivity contribution in [3.63, 3.8) is 0 Å². The molecule has 0 spiro atoms. The standard InChI is InChI=1S/C20H15BrN2/c1-3-15(16-9-5-4-6-10-16)13-14(2)19-17-11-7-8-12-18(17)22-20(21)23-19/h3-13H,1-2H2. The minimum Gasteiger partial charge on any atom is -0.222 e. The minimum absolute atomic E-state index is 0.556. The van der Waals surface area contributed by atoms with Crippen LogP contribution in [-0.4, -0.2) is 9.97 Å². The van der Waals surface area contributed by atoms with Gasteiger partial charge in [0, 0.05) is 5.39 Å². The van der Waals surface area contributed by atoms with Crippen LogP contribution in [0.2, 0.25) is 0 Å². The quantitative estimate of drug-likeness (QED) is 0.441. The van der Waals surface area contributed by atoms with Crippen LogP contribution in [0.4, 0.5) is 0 Å². The van der Waals surface area contributed by atoms with Crippen LogP contribution in [0.5, 0.6) is 0 Å². The first-order chi connectivity index (χ1) is 11.2. The van der Waals surface area contributed by atoms with Crippen LogP contribution in [-0.2, 0) is 0 Å². The molecule has 0 amide bonds. The molecule has 2 nitrogen and oxygen atoms in total. The van der Waals surface area contributed by atoms with Crippen LogP contribution < -0.4 is 0 Å². The molecule has 0 saturated heterocycles. The minimum atomic E-state index is 0.556. The lowest BCUT2D eigenvalue weighted by atomic mass is 10.0. The maximum atomic E-state index is 4.51. The lowest BCUT2D eigenvalue weighted by Gasteiger charge is -2.08. The third kappa shape index (κ3) is 3.30. The van der Waals surface area contributed by atoms with E-state index < -0.39 is 0 Å². The molecule has 3 heteroatoms. The summed E-state index contributed by atoms with van der Waals surface area (Å²) in [6, 6.07) is 18.0. The molecule has 0 aliphatic rings. The zero-order valence-electron chi connectivity index (χ0n) is 12.5. The smallest absolute Gasteiger partial charge is 0.197 e. The topological polar surface area (TPSA) is 25.8 Å². The van der Waals surface area contributed by atoms with E-state index in [4.69, 9.17) is 0 Å². The fourth-order valence-electron chi connectivity index (χ4n) is 2.44. The summed E-state index contributed by atoms with van der Waals surface area (Å²) >= 11 is 3.38. The van der Waals surface area contributed by atoms with E-state index in [2.05, 4.69) is 51.2 Å². The summed E-state index contributed by atoms with van der Waals surface area (Å²) in [5, 5.41) is 0.980. The number of benzene rings is 2. The lowest BCUT2D eigenvalue weighted by Crippen LogP contribution is -1.94. The van der Waals surface area contributed by atoms with Crippen molar-refractivity contribution in [3.8, 4) is 0 Å². The van der Waals surface area contributed by atoms with Crippen molar-refractivity contribution in [3.05, 3.63) is 95.9 Å². The summed E-state index contributed by atoms with van der Waals surface area (Å²) in [6.07, 6.45) is 3.84. The monoisotopic (exact) mass is 362 g/mol. The van der Waals surface area contributed by atoms with Gasteiger partial charge in [0.1, 0.15) is 0 Å². The Morgan fingerprint density at radius 1 is 0.957 bits per heavy atom. The molecule has 3 rings (SSSR count). The first kappa shape index (κ1) is 15.4. The van der Waals surface area contributed by atoms with Gasteiger partial charge in [0.2, 0.25) is 0 Å². The third-order valence-corrected chi connectivity index (χ3v) is 3.89.